The van der Waals surface area contributed by atoms with Crippen LogP contribution in [0.4, 0.5) is 0 Å². The minimum absolute atomic E-state index is 0.529. The largest absolute Gasteiger partial charge is 0.496 e. The highest BCUT2D eigenvalue weighted by atomic mass is 16.5. The number of hydrogen-bond donors (Lipinski definition) is 1. The van der Waals surface area contributed by atoms with Crippen LogP contribution in [0.5, 0.6) is 5.75 Å². The topological polar surface area (TPSA) is 46.5 Å². The second-order valence-electron chi connectivity index (χ2n) is 5.40. The molecule has 0 aromatic heterocycles. The van der Waals surface area contributed by atoms with E-state index >= 15 is 0 Å². The highest BCUT2D eigenvalue weighted by molar-refractivity contribution is 5.76. The Labute approximate surface area is 114 Å². The Bertz CT molecular complexity index is 447. The quantitative estimate of drug-likeness (QED) is 0.894. The zero-order valence-corrected chi connectivity index (χ0v) is 11.7. The first-order valence-electron chi connectivity index (χ1n) is 7.04. The van der Waals surface area contributed by atoms with Crippen molar-refractivity contribution in [2.24, 2.45) is 0 Å². The van der Waals surface area contributed by atoms with Gasteiger partial charge in [0.05, 0.1) is 13.0 Å². The van der Waals surface area contributed by atoms with E-state index < -0.39 is 11.9 Å². The Balaban J connectivity index is 2.31. The van der Waals surface area contributed by atoms with Gasteiger partial charge in [-0.15, -0.1) is 0 Å². The molecule has 0 heterocycles. The number of methoxy groups -OCH3 is 1. The maximum Gasteiger partial charge on any atom is 0.310 e. The fourth-order valence-electron chi connectivity index (χ4n) is 2.91. The molecular formula is C16H22O3. The zero-order chi connectivity index (χ0) is 13.8. The van der Waals surface area contributed by atoms with Crippen LogP contribution in [0.2, 0.25) is 0 Å². The Morgan fingerprint density at radius 3 is 2.58 bits per heavy atom. The summed E-state index contributed by atoms with van der Waals surface area (Å²) in [6.07, 6.45) is 6.31. The van der Waals surface area contributed by atoms with E-state index in [1.54, 1.807) is 14.0 Å². The average molecular weight is 262 g/mol. The van der Waals surface area contributed by atoms with Gasteiger partial charge in [-0.05, 0) is 37.3 Å². The van der Waals surface area contributed by atoms with Crippen LogP contribution in [-0.4, -0.2) is 18.2 Å². The Kier molecular flexibility index (Phi) is 4.46. The number of aliphatic carboxylic acids is 1. The molecule has 0 aliphatic heterocycles. The van der Waals surface area contributed by atoms with E-state index in [9.17, 15) is 9.90 Å². The molecule has 2 rings (SSSR count). The minimum atomic E-state index is -0.806. The molecule has 1 unspecified atom stereocenters. The lowest BCUT2D eigenvalue weighted by molar-refractivity contribution is -0.138. The molecule has 1 N–H and O–H groups in total. The predicted molar refractivity (Wildman–Crippen MR) is 74.9 cm³/mol. The molecule has 3 nitrogen and oxygen atoms in total. The molecule has 0 spiro atoms. The van der Waals surface area contributed by atoms with E-state index in [1.807, 2.05) is 12.1 Å². The first-order chi connectivity index (χ1) is 9.13. The molecule has 104 valence electrons. The van der Waals surface area contributed by atoms with Gasteiger partial charge < -0.3 is 9.84 Å². The molecule has 1 saturated carbocycles. The van der Waals surface area contributed by atoms with Crippen molar-refractivity contribution in [2.45, 2.75) is 50.9 Å². The third-order valence-corrected chi connectivity index (χ3v) is 4.17. The van der Waals surface area contributed by atoms with Crippen LogP contribution >= 0.6 is 0 Å². The molecule has 3 heteroatoms. The van der Waals surface area contributed by atoms with Crippen molar-refractivity contribution in [3.8, 4) is 5.75 Å². The van der Waals surface area contributed by atoms with Crippen molar-refractivity contribution < 1.29 is 14.6 Å². The van der Waals surface area contributed by atoms with E-state index in [0.29, 0.717) is 11.7 Å². The summed E-state index contributed by atoms with van der Waals surface area (Å²) in [5.74, 6) is -0.0774. The molecule has 1 aromatic carbocycles. The van der Waals surface area contributed by atoms with Crippen molar-refractivity contribution in [2.75, 3.05) is 7.11 Å². The van der Waals surface area contributed by atoms with Gasteiger partial charge in [-0.1, -0.05) is 31.4 Å². The fraction of sp³-hybridized carbons (Fsp3) is 0.562. The number of benzene rings is 1. The average Bonchev–Trinajstić information content (AvgIpc) is 2.46. The summed E-state index contributed by atoms with van der Waals surface area (Å²) in [7, 11) is 1.59. The smallest absolute Gasteiger partial charge is 0.310 e. The fourth-order valence-corrected chi connectivity index (χ4v) is 2.91. The van der Waals surface area contributed by atoms with E-state index in [0.717, 1.165) is 5.56 Å². The summed E-state index contributed by atoms with van der Waals surface area (Å²) in [5.41, 5.74) is 2.06. The normalized spacial score (nSPS) is 18.0. The molecule has 1 aliphatic rings. The number of carboxylic acids is 1. The monoisotopic (exact) mass is 262 g/mol. The molecule has 19 heavy (non-hydrogen) atoms. The summed E-state index contributed by atoms with van der Waals surface area (Å²) in [6, 6.07) is 6.04. The Morgan fingerprint density at radius 2 is 2.00 bits per heavy atom. The van der Waals surface area contributed by atoms with E-state index in [4.69, 9.17) is 4.74 Å². The van der Waals surface area contributed by atoms with Crippen molar-refractivity contribution in [1.29, 1.82) is 0 Å². The molecule has 0 saturated heterocycles. The molecule has 1 aromatic rings. The highest BCUT2D eigenvalue weighted by Crippen LogP contribution is 2.36. The summed E-state index contributed by atoms with van der Waals surface area (Å²) >= 11 is 0. The number of carbonyl (C=O) groups is 1. The van der Waals surface area contributed by atoms with Crippen LogP contribution < -0.4 is 4.74 Å². The predicted octanol–water partition coefficient (Wildman–Crippen LogP) is 3.93. The third-order valence-electron chi connectivity index (χ3n) is 4.17. The minimum Gasteiger partial charge on any atom is -0.496 e. The first-order valence-corrected chi connectivity index (χ1v) is 7.04. The maximum absolute atomic E-state index is 11.2. The van der Waals surface area contributed by atoms with Gasteiger partial charge in [0.25, 0.3) is 0 Å². The van der Waals surface area contributed by atoms with E-state index in [-0.39, 0.29) is 0 Å². The third kappa shape index (κ3) is 3.09. The zero-order valence-electron chi connectivity index (χ0n) is 11.7. The van der Waals surface area contributed by atoms with Crippen LogP contribution in [0, 0.1) is 0 Å². The number of rotatable bonds is 4. The molecular weight excluding hydrogens is 240 g/mol. The van der Waals surface area contributed by atoms with Gasteiger partial charge in [0, 0.05) is 5.56 Å². The SMILES string of the molecule is COc1ccc(C2CCCCC2)cc1C(C)C(=O)O. The highest BCUT2D eigenvalue weighted by Gasteiger charge is 2.22. The maximum atomic E-state index is 11.2. The standard InChI is InChI=1S/C16H22O3/c1-11(16(17)18)14-10-13(8-9-15(14)19-2)12-6-4-3-5-7-12/h8-12H,3-7H2,1-2H3,(H,17,18). The van der Waals surface area contributed by atoms with E-state index in [2.05, 4.69) is 6.07 Å². The van der Waals surface area contributed by atoms with Crippen molar-refractivity contribution in [3.05, 3.63) is 29.3 Å². The van der Waals surface area contributed by atoms with Gasteiger partial charge in [0.2, 0.25) is 0 Å². The van der Waals surface area contributed by atoms with Crippen LogP contribution in [-0.2, 0) is 4.79 Å². The van der Waals surface area contributed by atoms with Gasteiger partial charge in [-0.3, -0.25) is 4.79 Å². The first kappa shape index (κ1) is 13.9. The molecule has 0 radical (unpaired) electrons. The lowest BCUT2D eigenvalue weighted by Gasteiger charge is -2.23. The second kappa shape index (κ2) is 6.09. The van der Waals surface area contributed by atoms with Gasteiger partial charge in [-0.25, -0.2) is 0 Å². The summed E-state index contributed by atoms with van der Waals surface area (Å²) < 4.78 is 5.30. The van der Waals surface area contributed by atoms with Gasteiger partial charge in [0.1, 0.15) is 5.75 Å². The van der Waals surface area contributed by atoms with Crippen LogP contribution in [0.3, 0.4) is 0 Å². The molecule has 0 bridgehead atoms. The Morgan fingerprint density at radius 1 is 1.32 bits per heavy atom. The van der Waals surface area contributed by atoms with Gasteiger partial charge in [-0.2, -0.15) is 0 Å². The number of hydrogen-bond acceptors (Lipinski definition) is 2. The van der Waals surface area contributed by atoms with Gasteiger partial charge in [0.15, 0.2) is 0 Å². The molecule has 1 fully saturated rings. The number of carboxylic acid groups (broad SMARTS) is 1. The van der Waals surface area contributed by atoms with Crippen LogP contribution in [0.25, 0.3) is 0 Å². The second-order valence-corrected chi connectivity index (χ2v) is 5.40. The van der Waals surface area contributed by atoms with Crippen molar-refractivity contribution in [1.82, 2.24) is 0 Å². The summed E-state index contributed by atoms with van der Waals surface area (Å²) in [5, 5.41) is 9.20. The lowest BCUT2D eigenvalue weighted by atomic mass is 9.82. The number of ether oxygens (including phenoxy) is 1. The summed E-state index contributed by atoms with van der Waals surface area (Å²) in [4.78, 5) is 11.2. The summed E-state index contributed by atoms with van der Waals surface area (Å²) in [6.45, 7) is 1.71. The van der Waals surface area contributed by atoms with Crippen molar-refractivity contribution in [3.63, 3.8) is 0 Å². The molecule has 0 amide bonds. The van der Waals surface area contributed by atoms with Crippen LogP contribution in [0.1, 0.15) is 62.0 Å². The Hall–Kier alpha value is -1.51. The van der Waals surface area contributed by atoms with E-state index in [1.165, 1.54) is 37.7 Å². The molecule has 1 aliphatic carbocycles. The van der Waals surface area contributed by atoms with Gasteiger partial charge >= 0.3 is 5.97 Å². The van der Waals surface area contributed by atoms with Crippen molar-refractivity contribution >= 4 is 5.97 Å². The van der Waals surface area contributed by atoms with Crippen LogP contribution in [0.15, 0.2) is 18.2 Å². The molecule has 1 atom stereocenters. The lowest BCUT2D eigenvalue weighted by Crippen LogP contribution is -2.11.